The van der Waals surface area contributed by atoms with E-state index in [1.807, 2.05) is 36.4 Å². The molecule has 0 aliphatic carbocycles. The maximum Gasteiger partial charge on any atom is 0.315 e. The van der Waals surface area contributed by atoms with Crippen LogP contribution in [0.25, 0.3) is 10.9 Å². The SMILES string of the molecule is CNC(=O)c1cc2c(Oc3ccc(CC(=O)Oc4ccccc4)c(Cl)c3)ccnc2cc1OCc1ccccc1. The Bertz CT molecular complexity index is 1660. The van der Waals surface area contributed by atoms with Gasteiger partial charge < -0.3 is 19.5 Å². The first kappa shape index (κ1) is 26.7. The molecule has 1 N–H and O–H groups in total. The van der Waals surface area contributed by atoms with E-state index >= 15 is 0 Å². The van der Waals surface area contributed by atoms with E-state index in [0.29, 0.717) is 56.7 Å². The number of hydrogen-bond acceptors (Lipinski definition) is 6. The van der Waals surface area contributed by atoms with Crippen molar-refractivity contribution in [1.82, 2.24) is 10.3 Å². The molecule has 0 aliphatic rings. The molecule has 0 spiro atoms. The molecule has 200 valence electrons. The van der Waals surface area contributed by atoms with E-state index in [0.717, 1.165) is 5.56 Å². The highest BCUT2D eigenvalue weighted by atomic mass is 35.5. The van der Waals surface area contributed by atoms with Gasteiger partial charge in [0.25, 0.3) is 5.91 Å². The summed E-state index contributed by atoms with van der Waals surface area (Å²) in [6, 6.07) is 28.8. The van der Waals surface area contributed by atoms with Crippen molar-refractivity contribution >= 4 is 34.4 Å². The average molecular weight is 553 g/mol. The van der Waals surface area contributed by atoms with Gasteiger partial charge in [-0.2, -0.15) is 0 Å². The minimum Gasteiger partial charge on any atom is -0.488 e. The Kier molecular flexibility index (Phi) is 8.23. The molecule has 7 nitrogen and oxygen atoms in total. The Morgan fingerprint density at radius 1 is 0.850 bits per heavy atom. The fraction of sp³-hybridized carbons (Fsp3) is 0.0938. The number of para-hydroxylation sites is 1. The molecule has 5 aromatic rings. The number of halogens is 1. The number of fused-ring (bicyclic) bond motifs is 1. The van der Waals surface area contributed by atoms with Crippen molar-refractivity contribution in [2.24, 2.45) is 0 Å². The number of carbonyl (C=O) groups is 2. The topological polar surface area (TPSA) is 86.8 Å². The number of benzene rings is 4. The Labute approximate surface area is 236 Å². The number of rotatable bonds is 9. The minimum absolute atomic E-state index is 0.00738. The largest absolute Gasteiger partial charge is 0.488 e. The van der Waals surface area contributed by atoms with E-state index in [4.69, 9.17) is 25.8 Å². The summed E-state index contributed by atoms with van der Waals surface area (Å²) < 4.78 is 17.5. The number of pyridine rings is 1. The van der Waals surface area contributed by atoms with Crippen LogP contribution in [0.15, 0.2) is 103 Å². The maximum absolute atomic E-state index is 12.7. The monoisotopic (exact) mass is 552 g/mol. The van der Waals surface area contributed by atoms with Crippen LogP contribution in [0.3, 0.4) is 0 Å². The van der Waals surface area contributed by atoms with Gasteiger partial charge in [-0.1, -0.05) is 66.2 Å². The minimum atomic E-state index is -0.422. The summed E-state index contributed by atoms with van der Waals surface area (Å²) in [5.41, 5.74) is 2.54. The van der Waals surface area contributed by atoms with Gasteiger partial charge in [0.2, 0.25) is 0 Å². The van der Waals surface area contributed by atoms with Crippen molar-refractivity contribution in [3.8, 4) is 23.0 Å². The second kappa shape index (κ2) is 12.3. The van der Waals surface area contributed by atoms with Crippen LogP contribution >= 0.6 is 11.6 Å². The van der Waals surface area contributed by atoms with Gasteiger partial charge in [0.1, 0.15) is 29.6 Å². The smallest absolute Gasteiger partial charge is 0.315 e. The number of esters is 1. The zero-order valence-electron chi connectivity index (χ0n) is 21.6. The quantitative estimate of drug-likeness (QED) is 0.160. The third-order valence-electron chi connectivity index (χ3n) is 6.07. The van der Waals surface area contributed by atoms with Gasteiger partial charge in [-0.05, 0) is 47.5 Å². The van der Waals surface area contributed by atoms with Gasteiger partial charge >= 0.3 is 5.97 Å². The van der Waals surface area contributed by atoms with Crippen LogP contribution in [0.5, 0.6) is 23.0 Å². The number of hydrogen-bond donors (Lipinski definition) is 1. The third kappa shape index (κ3) is 6.39. The van der Waals surface area contributed by atoms with Gasteiger partial charge in [0, 0.05) is 29.7 Å². The molecule has 0 unspecified atom stereocenters. The highest BCUT2D eigenvalue weighted by Gasteiger charge is 2.17. The number of amides is 1. The highest BCUT2D eigenvalue weighted by Crippen LogP contribution is 2.35. The first-order chi connectivity index (χ1) is 19.5. The van der Waals surface area contributed by atoms with Gasteiger partial charge in [0.15, 0.2) is 0 Å². The standard InChI is InChI=1S/C32H25ClN2O5/c1-34-32(37)26-18-25-28(19-30(26)38-20-21-8-4-2-5-9-21)35-15-14-29(25)39-24-13-12-22(27(33)17-24)16-31(36)40-23-10-6-3-7-11-23/h2-15,17-19H,16,20H2,1H3,(H,34,37). The van der Waals surface area contributed by atoms with Crippen molar-refractivity contribution in [2.45, 2.75) is 13.0 Å². The third-order valence-corrected chi connectivity index (χ3v) is 6.43. The molecule has 8 heteroatoms. The lowest BCUT2D eigenvalue weighted by Crippen LogP contribution is -2.19. The molecule has 1 heterocycles. The van der Waals surface area contributed by atoms with E-state index in [-0.39, 0.29) is 12.3 Å². The van der Waals surface area contributed by atoms with Crippen molar-refractivity contribution in [2.75, 3.05) is 7.05 Å². The molecule has 0 fully saturated rings. The van der Waals surface area contributed by atoms with Crippen LogP contribution in [-0.2, 0) is 17.8 Å². The average Bonchev–Trinajstić information content (AvgIpc) is 2.98. The predicted molar refractivity (Wildman–Crippen MR) is 153 cm³/mol. The Morgan fingerprint density at radius 3 is 2.33 bits per heavy atom. The van der Waals surface area contributed by atoms with E-state index < -0.39 is 5.97 Å². The molecule has 0 atom stereocenters. The van der Waals surface area contributed by atoms with Crippen molar-refractivity contribution in [3.63, 3.8) is 0 Å². The summed E-state index contributed by atoms with van der Waals surface area (Å²) >= 11 is 6.48. The Hall–Kier alpha value is -4.88. The lowest BCUT2D eigenvalue weighted by Gasteiger charge is -2.15. The second-order valence-corrected chi connectivity index (χ2v) is 9.25. The van der Waals surface area contributed by atoms with E-state index in [1.165, 1.54) is 0 Å². The molecule has 1 aromatic heterocycles. The maximum atomic E-state index is 12.7. The predicted octanol–water partition coefficient (Wildman–Crippen LogP) is 6.77. The normalized spacial score (nSPS) is 10.7. The first-order valence-corrected chi connectivity index (χ1v) is 12.9. The summed E-state index contributed by atoms with van der Waals surface area (Å²) in [6.07, 6.45) is 1.63. The lowest BCUT2D eigenvalue weighted by molar-refractivity contribution is -0.133. The fourth-order valence-electron chi connectivity index (χ4n) is 4.08. The van der Waals surface area contributed by atoms with E-state index in [1.54, 1.807) is 73.9 Å². The van der Waals surface area contributed by atoms with Crippen LogP contribution in [0.4, 0.5) is 0 Å². The molecule has 1 amide bonds. The molecular formula is C32H25ClN2O5. The number of carbonyl (C=O) groups excluding carboxylic acids is 2. The number of nitrogens with zero attached hydrogens (tertiary/aromatic N) is 1. The van der Waals surface area contributed by atoms with E-state index in [2.05, 4.69) is 10.3 Å². The van der Waals surface area contributed by atoms with Gasteiger partial charge in [-0.25, -0.2) is 0 Å². The number of aromatic nitrogens is 1. The molecule has 4 aromatic carbocycles. The molecule has 0 saturated heterocycles. The van der Waals surface area contributed by atoms with Gasteiger partial charge in [-0.15, -0.1) is 0 Å². The van der Waals surface area contributed by atoms with Crippen LogP contribution < -0.4 is 19.5 Å². The highest BCUT2D eigenvalue weighted by molar-refractivity contribution is 6.31. The number of nitrogens with one attached hydrogen (secondary N) is 1. The van der Waals surface area contributed by atoms with Crippen LogP contribution in [0.1, 0.15) is 21.5 Å². The molecule has 40 heavy (non-hydrogen) atoms. The molecule has 5 rings (SSSR count). The number of ether oxygens (including phenoxy) is 3. The molecule has 0 saturated carbocycles. The fourth-order valence-corrected chi connectivity index (χ4v) is 4.31. The lowest BCUT2D eigenvalue weighted by atomic mass is 10.1. The second-order valence-electron chi connectivity index (χ2n) is 8.85. The van der Waals surface area contributed by atoms with Crippen molar-refractivity contribution < 1.29 is 23.8 Å². The van der Waals surface area contributed by atoms with Crippen LogP contribution in [0, 0.1) is 0 Å². The molecule has 0 aliphatic heterocycles. The van der Waals surface area contributed by atoms with Gasteiger partial charge in [-0.3, -0.25) is 14.6 Å². The van der Waals surface area contributed by atoms with Crippen LogP contribution in [0.2, 0.25) is 5.02 Å². The summed E-state index contributed by atoms with van der Waals surface area (Å²) in [4.78, 5) is 29.6. The van der Waals surface area contributed by atoms with Crippen LogP contribution in [-0.4, -0.2) is 23.9 Å². The first-order valence-electron chi connectivity index (χ1n) is 12.5. The van der Waals surface area contributed by atoms with Gasteiger partial charge in [0.05, 0.1) is 17.5 Å². The molecular weight excluding hydrogens is 528 g/mol. The van der Waals surface area contributed by atoms with Crippen molar-refractivity contribution in [1.29, 1.82) is 0 Å². The van der Waals surface area contributed by atoms with E-state index in [9.17, 15) is 9.59 Å². The zero-order valence-corrected chi connectivity index (χ0v) is 22.4. The zero-order chi connectivity index (χ0) is 27.9. The Balaban J connectivity index is 1.37. The summed E-state index contributed by atoms with van der Waals surface area (Å²) in [7, 11) is 1.56. The summed E-state index contributed by atoms with van der Waals surface area (Å²) in [5, 5.41) is 3.65. The summed E-state index contributed by atoms with van der Waals surface area (Å²) in [5.74, 6) is 1.11. The molecule has 0 radical (unpaired) electrons. The summed E-state index contributed by atoms with van der Waals surface area (Å²) in [6.45, 7) is 0.302. The molecule has 0 bridgehead atoms. The Morgan fingerprint density at radius 2 is 1.60 bits per heavy atom. The van der Waals surface area contributed by atoms with Crippen molar-refractivity contribution in [3.05, 3.63) is 125 Å².